The van der Waals surface area contributed by atoms with Crippen molar-refractivity contribution in [3.05, 3.63) is 0 Å². The van der Waals surface area contributed by atoms with Gasteiger partial charge in [0.2, 0.25) is 0 Å². The molecule has 1 N–H and O–H groups in total. The van der Waals surface area contributed by atoms with Gasteiger partial charge in [-0.25, -0.2) is 0 Å². The Morgan fingerprint density at radius 2 is 2.35 bits per heavy atom. The summed E-state index contributed by atoms with van der Waals surface area (Å²) in [5.74, 6) is 0.748. The summed E-state index contributed by atoms with van der Waals surface area (Å²) in [6.45, 7) is 7.57. The summed E-state index contributed by atoms with van der Waals surface area (Å²) in [7, 11) is 1.80. The third kappa shape index (κ3) is 4.54. The molecule has 0 aromatic heterocycles. The average molecular weight is 242 g/mol. The number of hydrogen-bond acceptors (Lipinski definition) is 4. The largest absolute Gasteiger partial charge is 0.384 e. The van der Waals surface area contributed by atoms with Gasteiger partial charge in [0.15, 0.2) is 0 Å². The van der Waals surface area contributed by atoms with Crippen LogP contribution in [0.2, 0.25) is 0 Å². The van der Waals surface area contributed by atoms with Crippen LogP contribution >= 0.6 is 0 Å². The normalized spacial score (nSPS) is 30.2. The molecule has 100 valence electrons. The summed E-state index contributed by atoms with van der Waals surface area (Å²) in [6, 6.07) is 0. The first-order valence-corrected chi connectivity index (χ1v) is 6.92. The molecule has 4 nitrogen and oxygen atoms in total. The van der Waals surface area contributed by atoms with Gasteiger partial charge in [-0.1, -0.05) is 0 Å². The number of likely N-dealkylation sites (tertiary alicyclic amines) is 1. The lowest BCUT2D eigenvalue weighted by atomic mass is 10.1. The molecule has 0 amide bonds. The van der Waals surface area contributed by atoms with Crippen molar-refractivity contribution in [2.24, 2.45) is 5.92 Å². The Hall–Kier alpha value is -0.160. The Kier molecular flexibility index (Phi) is 5.71. The quantitative estimate of drug-likeness (QED) is 0.667. The van der Waals surface area contributed by atoms with Crippen LogP contribution in [-0.4, -0.2) is 64.1 Å². The first kappa shape index (κ1) is 13.3. The zero-order valence-corrected chi connectivity index (χ0v) is 11.0. The molecule has 2 heterocycles. The standard InChI is InChI=1S/C13H26N2O2/c1-16-11-12-4-6-15(10-12)7-5-14-9-13-3-2-8-17-13/h12-14H,2-11H2,1H3. The van der Waals surface area contributed by atoms with Crippen LogP contribution < -0.4 is 5.32 Å². The maximum absolute atomic E-state index is 5.58. The van der Waals surface area contributed by atoms with E-state index in [1.54, 1.807) is 7.11 Å². The van der Waals surface area contributed by atoms with E-state index >= 15 is 0 Å². The Morgan fingerprint density at radius 1 is 1.41 bits per heavy atom. The molecule has 17 heavy (non-hydrogen) atoms. The van der Waals surface area contributed by atoms with Crippen LogP contribution in [0.5, 0.6) is 0 Å². The van der Waals surface area contributed by atoms with Gasteiger partial charge < -0.3 is 19.7 Å². The van der Waals surface area contributed by atoms with Gasteiger partial charge in [-0.05, 0) is 31.7 Å². The number of ether oxygens (including phenoxy) is 2. The minimum atomic E-state index is 0.467. The lowest BCUT2D eigenvalue weighted by Gasteiger charge is -2.17. The SMILES string of the molecule is COCC1CCN(CCNCC2CCCO2)C1. The van der Waals surface area contributed by atoms with E-state index in [1.807, 2.05) is 0 Å². The average Bonchev–Trinajstić information content (AvgIpc) is 2.96. The van der Waals surface area contributed by atoms with Gasteiger partial charge in [0.25, 0.3) is 0 Å². The van der Waals surface area contributed by atoms with Crippen LogP contribution in [0.25, 0.3) is 0 Å². The molecular weight excluding hydrogens is 216 g/mol. The highest BCUT2D eigenvalue weighted by Crippen LogP contribution is 2.15. The molecule has 0 spiro atoms. The molecule has 0 aromatic carbocycles. The first-order valence-electron chi connectivity index (χ1n) is 6.92. The second-order valence-corrected chi connectivity index (χ2v) is 5.25. The summed E-state index contributed by atoms with van der Waals surface area (Å²) in [5, 5.41) is 3.50. The van der Waals surface area contributed by atoms with E-state index in [1.165, 1.54) is 32.4 Å². The zero-order chi connectivity index (χ0) is 11.9. The van der Waals surface area contributed by atoms with Crippen LogP contribution in [0, 0.1) is 5.92 Å². The van der Waals surface area contributed by atoms with Gasteiger partial charge in [0.1, 0.15) is 0 Å². The monoisotopic (exact) mass is 242 g/mol. The van der Waals surface area contributed by atoms with Crippen LogP contribution in [0.15, 0.2) is 0 Å². The molecule has 2 unspecified atom stereocenters. The predicted octanol–water partition coefficient (Wildman–Crippen LogP) is 0.723. The molecule has 0 aromatic rings. The maximum Gasteiger partial charge on any atom is 0.0700 e. The Balaban J connectivity index is 1.48. The lowest BCUT2D eigenvalue weighted by Crippen LogP contribution is -2.34. The lowest BCUT2D eigenvalue weighted by molar-refractivity contribution is 0.109. The number of nitrogens with one attached hydrogen (secondary N) is 1. The van der Waals surface area contributed by atoms with Gasteiger partial charge in [0.05, 0.1) is 12.7 Å². The Labute approximate surface area is 105 Å². The molecule has 2 atom stereocenters. The van der Waals surface area contributed by atoms with Gasteiger partial charge >= 0.3 is 0 Å². The molecule has 0 aliphatic carbocycles. The summed E-state index contributed by atoms with van der Waals surface area (Å²) in [6.07, 6.45) is 4.22. The minimum Gasteiger partial charge on any atom is -0.384 e. The smallest absolute Gasteiger partial charge is 0.0700 e. The van der Waals surface area contributed by atoms with Crippen molar-refractivity contribution in [1.82, 2.24) is 10.2 Å². The fourth-order valence-electron chi connectivity index (χ4n) is 2.79. The maximum atomic E-state index is 5.58. The number of methoxy groups -OCH3 is 1. The van der Waals surface area contributed by atoms with Crippen molar-refractivity contribution in [1.29, 1.82) is 0 Å². The van der Waals surface area contributed by atoms with Gasteiger partial charge in [-0.15, -0.1) is 0 Å². The van der Waals surface area contributed by atoms with E-state index in [2.05, 4.69) is 10.2 Å². The van der Waals surface area contributed by atoms with E-state index in [9.17, 15) is 0 Å². The van der Waals surface area contributed by atoms with E-state index in [4.69, 9.17) is 9.47 Å². The molecule has 0 bridgehead atoms. The van der Waals surface area contributed by atoms with Crippen molar-refractivity contribution in [2.45, 2.75) is 25.4 Å². The van der Waals surface area contributed by atoms with Crippen molar-refractivity contribution >= 4 is 0 Å². The predicted molar refractivity (Wildman–Crippen MR) is 68.3 cm³/mol. The van der Waals surface area contributed by atoms with E-state index in [0.717, 1.165) is 38.8 Å². The number of nitrogens with zero attached hydrogens (tertiary/aromatic N) is 1. The first-order chi connectivity index (χ1) is 8.38. The minimum absolute atomic E-state index is 0.467. The van der Waals surface area contributed by atoms with Crippen LogP contribution in [0.3, 0.4) is 0 Å². The fourth-order valence-corrected chi connectivity index (χ4v) is 2.79. The topological polar surface area (TPSA) is 33.7 Å². The molecule has 4 heteroatoms. The second-order valence-electron chi connectivity index (χ2n) is 5.25. The summed E-state index contributed by atoms with van der Waals surface area (Å²) < 4.78 is 10.8. The van der Waals surface area contributed by atoms with Gasteiger partial charge in [0, 0.05) is 39.9 Å². The van der Waals surface area contributed by atoms with Gasteiger partial charge in [-0.2, -0.15) is 0 Å². The molecule has 2 aliphatic rings. The Morgan fingerprint density at radius 3 is 3.12 bits per heavy atom. The highest BCUT2D eigenvalue weighted by Gasteiger charge is 2.21. The van der Waals surface area contributed by atoms with Crippen LogP contribution in [-0.2, 0) is 9.47 Å². The van der Waals surface area contributed by atoms with Crippen molar-refractivity contribution in [3.63, 3.8) is 0 Å². The molecule has 2 aliphatic heterocycles. The highest BCUT2D eigenvalue weighted by molar-refractivity contribution is 4.76. The summed E-state index contributed by atoms with van der Waals surface area (Å²) >= 11 is 0. The van der Waals surface area contributed by atoms with Crippen molar-refractivity contribution in [2.75, 3.05) is 53.0 Å². The fraction of sp³-hybridized carbons (Fsp3) is 1.00. The third-order valence-electron chi connectivity index (χ3n) is 3.77. The van der Waals surface area contributed by atoms with Crippen molar-refractivity contribution in [3.8, 4) is 0 Å². The Bertz CT molecular complexity index is 208. The van der Waals surface area contributed by atoms with E-state index in [0.29, 0.717) is 6.10 Å². The third-order valence-corrected chi connectivity index (χ3v) is 3.77. The number of rotatable bonds is 7. The summed E-state index contributed by atoms with van der Waals surface area (Å²) in [5.41, 5.74) is 0. The van der Waals surface area contributed by atoms with E-state index < -0.39 is 0 Å². The summed E-state index contributed by atoms with van der Waals surface area (Å²) in [4.78, 5) is 2.53. The molecule has 2 fully saturated rings. The van der Waals surface area contributed by atoms with Crippen LogP contribution in [0.4, 0.5) is 0 Å². The molecule has 2 saturated heterocycles. The van der Waals surface area contributed by atoms with E-state index in [-0.39, 0.29) is 0 Å². The zero-order valence-electron chi connectivity index (χ0n) is 11.0. The van der Waals surface area contributed by atoms with Crippen LogP contribution in [0.1, 0.15) is 19.3 Å². The molecule has 2 rings (SSSR count). The number of hydrogen-bond donors (Lipinski definition) is 1. The van der Waals surface area contributed by atoms with Gasteiger partial charge in [-0.3, -0.25) is 0 Å². The van der Waals surface area contributed by atoms with Crippen molar-refractivity contribution < 1.29 is 9.47 Å². The molecule has 0 saturated carbocycles. The molecular formula is C13H26N2O2. The molecule has 0 radical (unpaired) electrons. The second kappa shape index (κ2) is 7.31. The highest BCUT2D eigenvalue weighted by atomic mass is 16.5.